The fourth-order valence-electron chi connectivity index (χ4n) is 1.64. The summed E-state index contributed by atoms with van der Waals surface area (Å²) in [6.45, 7) is 2.54. The highest BCUT2D eigenvalue weighted by molar-refractivity contribution is 4.92. The van der Waals surface area contributed by atoms with Gasteiger partial charge in [0.15, 0.2) is 6.29 Å². The van der Waals surface area contributed by atoms with Crippen molar-refractivity contribution in [1.82, 2.24) is 0 Å². The summed E-state index contributed by atoms with van der Waals surface area (Å²) < 4.78 is 10.5. The van der Waals surface area contributed by atoms with Crippen molar-refractivity contribution in [3.8, 4) is 0 Å². The van der Waals surface area contributed by atoms with Crippen molar-refractivity contribution in [2.75, 3.05) is 6.61 Å². The number of hydrogen-bond donors (Lipinski definition) is 2. The van der Waals surface area contributed by atoms with Gasteiger partial charge in [0.05, 0.1) is 12.7 Å². The smallest absolute Gasteiger partial charge is 0.185 e. The van der Waals surface area contributed by atoms with E-state index in [-0.39, 0.29) is 18.1 Å². The van der Waals surface area contributed by atoms with E-state index in [0.717, 1.165) is 0 Å². The highest BCUT2D eigenvalue weighted by Gasteiger charge is 2.46. The first-order chi connectivity index (χ1) is 5.20. The van der Waals surface area contributed by atoms with Gasteiger partial charge in [-0.05, 0) is 0 Å². The van der Waals surface area contributed by atoms with E-state index < -0.39 is 12.4 Å². The third-order valence-corrected chi connectivity index (χ3v) is 2.60. The van der Waals surface area contributed by atoms with Gasteiger partial charge in [-0.1, -0.05) is 6.92 Å². The number of nitrogens with two attached hydrogens (primary N) is 1. The van der Waals surface area contributed by atoms with Crippen molar-refractivity contribution in [3.05, 3.63) is 0 Å². The molecule has 2 fully saturated rings. The second kappa shape index (κ2) is 2.42. The van der Waals surface area contributed by atoms with Gasteiger partial charge in [-0.15, -0.1) is 0 Å². The molecule has 4 nitrogen and oxygen atoms in total. The monoisotopic (exact) mass is 159 g/mol. The summed E-state index contributed by atoms with van der Waals surface area (Å²) in [7, 11) is 0. The summed E-state index contributed by atoms with van der Waals surface area (Å²) in [4.78, 5) is 0. The minimum Gasteiger partial charge on any atom is -0.386 e. The maximum atomic E-state index is 9.46. The van der Waals surface area contributed by atoms with Crippen molar-refractivity contribution in [3.63, 3.8) is 0 Å². The highest BCUT2D eigenvalue weighted by Crippen LogP contribution is 2.30. The molecule has 3 N–H and O–H groups in total. The predicted octanol–water partition coefficient (Wildman–Crippen LogP) is -0.934. The summed E-state index contributed by atoms with van der Waals surface area (Å²) in [5.41, 5.74) is 5.73. The Hall–Kier alpha value is -0.160. The fraction of sp³-hybridized carbons (Fsp3) is 1.00. The number of fused-ring (bicyclic) bond motifs is 2. The van der Waals surface area contributed by atoms with Gasteiger partial charge in [0, 0.05) is 12.0 Å². The zero-order valence-electron chi connectivity index (χ0n) is 6.43. The van der Waals surface area contributed by atoms with Crippen LogP contribution in [0.5, 0.6) is 0 Å². The first-order valence-corrected chi connectivity index (χ1v) is 3.91. The van der Waals surface area contributed by atoms with E-state index in [1.165, 1.54) is 0 Å². The van der Waals surface area contributed by atoms with Gasteiger partial charge >= 0.3 is 0 Å². The van der Waals surface area contributed by atoms with Crippen molar-refractivity contribution in [1.29, 1.82) is 0 Å². The molecule has 0 spiro atoms. The van der Waals surface area contributed by atoms with E-state index >= 15 is 0 Å². The largest absolute Gasteiger partial charge is 0.386 e. The Morgan fingerprint density at radius 1 is 1.55 bits per heavy atom. The van der Waals surface area contributed by atoms with Gasteiger partial charge in [-0.3, -0.25) is 0 Å². The van der Waals surface area contributed by atoms with Gasteiger partial charge in [0.25, 0.3) is 0 Å². The molecule has 0 aromatic rings. The molecule has 2 aliphatic heterocycles. The van der Waals surface area contributed by atoms with Crippen LogP contribution in [0.3, 0.4) is 0 Å². The van der Waals surface area contributed by atoms with Crippen LogP contribution < -0.4 is 5.73 Å². The van der Waals surface area contributed by atoms with E-state index in [0.29, 0.717) is 6.61 Å². The fourth-order valence-corrected chi connectivity index (χ4v) is 1.64. The van der Waals surface area contributed by atoms with Crippen molar-refractivity contribution >= 4 is 0 Å². The molecule has 0 unspecified atom stereocenters. The third kappa shape index (κ3) is 0.980. The van der Waals surface area contributed by atoms with Crippen LogP contribution in [-0.2, 0) is 9.47 Å². The number of hydrogen-bond acceptors (Lipinski definition) is 4. The maximum Gasteiger partial charge on any atom is 0.185 e. The lowest BCUT2D eigenvalue weighted by Gasteiger charge is -2.34. The van der Waals surface area contributed by atoms with E-state index in [2.05, 4.69) is 0 Å². The molecule has 2 heterocycles. The van der Waals surface area contributed by atoms with E-state index in [9.17, 15) is 5.11 Å². The van der Waals surface area contributed by atoms with Crippen LogP contribution in [0.4, 0.5) is 0 Å². The molecule has 0 radical (unpaired) electrons. The lowest BCUT2D eigenvalue weighted by Crippen LogP contribution is -2.53. The summed E-state index contributed by atoms with van der Waals surface area (Å²) >= 11 is 0. The summed E-state index contributed by atoms with van der Waals surface area (Å²) in [6.07, 6.45) is -1.06. The Labute approximate surface area is 65.3 Å². The standard InChI is InChI=1S/C7H13NO3/c1-3-4-2-10-7(11-4)6(9)5(3)8/h3-7,9H,2,8H2,1H3/t3-,4-,5-,6+,7-/m1/s1. The van der Waals surface area contributed by atoms with E-state index in [4.69, 9.17) is 15.2 Å². The zero-order valence-corrected chi connectivity index (χ0v) is 6.43. The Balaban J connectivity index is 2.16. The van der Waals surface area contributed by atoms with Gasteiger partial charge in [-0.25, -0.2) is 0 Å². The first kappa shape index (κ1) is 7.49. The average Bonchev–Trinajstić information content (AvgIpc) is 2.44. The lowest BCUT2D eigenvalue weighted by atomic mass is 9.91. The third-order valence-electron chi connectivity index (χ3n) is 2.60. The molecule has 0 amide bonds. The molecule has 0 saturated carbocycles. The minimum absolute atomic E-state index is 0.0819. The Morgan fingerprint density at radius 2 is 2.27 bits per heavy atom. The van der Waals surface area contributed by atoms with Crippen LogP contribution >= 0.6 is 0 Å². The van der Waals surface area contributed by atoms with Crippen LogP contribution in [-0.4, -0.2) is 36.3 Å². The number of rotatable bonds is 0. The second-order valence-corrected chi connectivity index (χ2v) is 3.30. The SMILES string of the molecule is C[C@H]1[C@@H](N)[C@H](O)[C@@H]2OC[C@H]1O2. The lowest BCUT2D eigenvalue weighted by molar-refractivity contribution is -0.173. The quantitative estimate of drug-likeness (QED) is 0.479. The Morgan fingerprint density at radius 3 is 3.00 bits per heavy atom. The number of ether oxygens (including phenoxy) is 2. The summed E-state index contributed by atoms with van der Waals surface area (Å²) in [5, 5.41) is 9.46. The summed E-state index contributed by atoms with van der Waals surface area (Å²) in [6, 6.07) is -0.207. The van der Waals surface area contributed by atoms with Crippen molar-refractivity contribution < 1.29 is 14.6 Å². The molecule has 0 aliphatic carbocycles. The van der Waals surface area contributed by atoms with Gasteiger partial charge in [0.1, 0.15) is 6.10 Å². The first-order valence-electron chi connectivity index (χ1n) is 3.91. The van der Waals surface area contributed by atoms with Crippen LogP contribution in [0.2, 0.25) is 0 Å². The van der Waals surface area contributed by atoms with Crippen LogP contribution in [0.15, 0.2) is 0 Å². The second-order valence-electron chi connectivity index (χ2n) is 3.30. The van der Waals surface area contributed by atoms with Gasteiger partial charge in [0.2, 0.25) is 0 Å². The highest BCUT2D eigenvalue weighted by atomic mass is 16.7. The Kier molecular flexibility index (Phi) is 1.64. The van der Waals surface area contributed by atoms with Crippen LogP contribution in [0.25, 0.3) is 0 Å². The maximum absolute atomic E-state index is 9.46. The van der Waals surface area contributed by atoms with Gasteiger partial charge < -0.3 is 20.3 Å². The molecule has 2 saturated heterocycles. The minimum atomic E-state index is -0.663. The van der Waals surface area contributed by atoms with E-state index in [1.54, 1.807) is 0 Å². The van der Waals surface area contributed by atoms with Crippen LogP contribution in [0.1, 0.15) is 6.92 Å². The van der Waals surface area contributed by atoms with Crippen LogP contribution in [0, 0.1) is 5.92 Å². The molecular weight excluding hydrogens is 146 g/mol. The molecular formula is C7H13NO3. The van der Waals surface area contributed by atoms with Gasteiger partial charge in [-0.2, -0.15) is 0 Å². The normalized spacial score (nSPS) is 56.5. The predicted molar refractivity (Wildman–Crippen MR) is 37.8 cm³/mol. The molecule has 2 bridgehead atoms. The molecule has 0 aromatic heterocycles. The van der Waals surface area contributed by atoms with Crippen molar-refractivity contribution in [2.45, 2.75) is 31.5 Å². The molecule has 0 aromatic carbocycles. The number of aliphatic hydroxyl groups is 1. The van der Waals surface area contributed by atoms with Crippen molar-refractivity contribution in [2.24, 2.45) is 11.7 Å². The average molecular weight is 159 g/mol. The molecule has 2 aliphatic rings. The molecule has 2 rings (SSSR count). The molecule has 5 atom stereocenters. The molecule has 4 heteroatoms. The zero-order chi connectivity index (χ0) is 8.01. The molecule has 64 valence electrons. The number of aliphatic hydroxyl groups excluding tert-OH is 1. The summed E-state index contributed by atoms with van der Waals surface area (Å²) in [5.74, 6) is 0.184. The Bertz CT molecular complexity index is 144. The topological polar surface area (TPSA) is 64.7 Å². The van der Waals surface area contributed by atoms with E-state index in [1.807, 2.05) is 6.92 Å². The molecule has 11 heavy (non-hydrogen) atoms.